The third-order valence-electron chi connectivity index (χ3n) is 3.01. The molecule has 0 aromatic carbocycles. The summed E-state index contributed by atoms with van der Waals surface area (Å²) in [7, 11) is 2.20. The standard InChI is InChI=1S/C11H24N2O/c1-10(14)9-12-6-3-11-4-7-13(2)8-5-11/h10-12,14H,3-9H2,1-2H3/t10-/m0/s1. The second-order valence-electron chi connectivity index (χ2n) is 4.59. The summed E-state index contributed by atoms with van der Waals surface area (Å²) in [6.45, 7) is 6.11. The minimum Gasteiger partial charge on any atom is -0.392 e. The zero-order valence-electron chi connectivity index (χ0n) is 9.50. The van der Waals surface area contributed by atoms with Crippen LogP contribution in [0.25, 0.3) is 0 Å². The van der Waals surface area contributed by atoms with Gasteiger partial charge in [0.1, 0.15) is 0 Å². The molecule has 0 aromatic heterocycles. The fraction of sp³-hybridized carbons (Fsp3) is 1.00. The molecule has 0 radical (unpaired) electrons. The van der Waals surface area contributed by atoms with Gasteiger partial charge in [-0.2, -0.15) is 0 Å². The van der Waals surface area contributed by atoms with E-state index >= 15 is 0 Å². The largest absolute Gasteiger partial charge is 0.392 e. The third-order valence-corrected chi connectivity index (χ3v) is 3.01. The Morgan fingerprint density at radius 1 is 1.43 bits per heavy atom. The van der Waals surface area contributed by atoms with E-state index in [2.05, 4.69) is 17.3 Å². The molecule has 1 fully saturated rings. The molecule has 3 nitrogen and oxygen atoms in total. The molecule has 0 amide bonds. The highest BCUT2D eigenvalue weighted by molar-refractivity contribution is 4.70. The first-order chi connectivity index (χ1) is 6.68. The predicted octanol–water partition coefficient (Wildman–Crippen LogP) is 0.689. The summed E-state index contributed by atoms with van der Waals surface area (Å²) >= 11 is 0. The van der Waals surface area contributed by atoms with Crippen LogP contribution >= 0.6 is 0 Å². The number of nitrogens with one attached hydrogen (secondary N) is 1. The van der Waals surface area contributed by atoms with Crippen molar-refractivity contribution in [1.82, 2.24) is 10.2 Å². The van der Waals surface area contributed by atoms with Crippen molar-refractivity contribution in [2.24, 2.45) is 5.92 Å². The van der Waals surface area contributed by atoms with Crippen LogP contribution < -0.4 is 5.32 Å². The van der Waals surface area contributed by atoms with Crippen LogP contribution in [0.4, 0.5) is 0 Å². The van der Waals surface area contributed by atoms with Crippen LogP contribution in [-0.2, 0) is 0 Å². The first kappa shape index (κ1) is 12.0. The van der Waals surface area contributed by atoms with E-state index in [0.717, 1.165) is 19.0 Å². The second-order valence-corrected chi connectivity index (χ2v) is 4.59. The molecule has 2 N–H and O–H groups in total. The first-order valence-electron chi connectivity index (χ1n) is 5.76. The number of rotatable bonds is 5. The Kier molecular flexibility index (Phi) is 5.45. The zero-order valence-corrected chi connectivity index (χ0v) is 9.50. The Bertz CT molecular complexity index is 142. The first-order valence-corrected chi connectivity index (χ1v) is 5.76. The van der Waals surface area contributed by atoms with Gasteiger partial charge in [-0.25, -0.2) is 0 Å². The van der Waals surface area contributed by atoms with Crippen molar-refractivity contribution >= 4 is 0 Å². The van der Waals surface area contributed by atoms with E-state index in [1.54, 1.807) is 0 Å². The number of piperidine rings is 1. The summed E-state index contributed by atoms with van der Waals surface area (Å²) < 4.78 is 0. The van der Waals surface area contributed by atoms with E-state index < -0.39 is 0 Å². The quantitative estimate of drug-likeness (QED) is 0.641. The van der Waals surface area contributed by atoms with Crippen molar-refractivity contribution in [3.05, 3.63) is 0 Å². The van der Waals surface area contributed by atoms with Gasteiger partial charge < -0.3 is 15.3 Å². The van der Waals surface area contributed by atoms with Crippen LogP contribution in [0.5, 0.6) is 0 Å². The lowest BCUT2D eigenvalue weighted by molar-refractivity contribution is 0.185. The smallest absolute Gasteiger partial charge is 0.0636 e. The van der Waals surface area contributed by atoms with Gasteiger partial charge in [0.25, 0.3) is 0 Å². The summed E-state index contributed by atoms with van der Waals surface area (Å²) in [6.07, 6.45) is 3.73. The summed E-state index contributed by atoms with van der Waals surface area (Å²) in [6, 6.07) is 0. The second kappa shape index (κ2) is 6.38. The predicted molar refractivity (Wildman–Crippen MR) is 59.4 cm³/mol. The molecular weight excluding hydrogens is 176 g/mol. The Morgan fingerprint density at radius 3 is 2.64 bits per heavy atom. The number of aliphatic hydroxyl groups is 1. The molecule has 14 heavy (non-hydrogen) atoms. The van der Waals surface area contributed by atoms with Crippen LogP contribution in [0.15, 0.2) is 0 Å². The summed E-state index contributed by atoms with van der Waals surface area (Å²) in [5.41, 5.74) is 0. The van der Waals surface area contributed by atoms with Crippen molar-refractivity contribution in [3.63, 3.8) is 0 Å². The maximum atomic E-state index is 9.05. The minimum absolute atomic E-state index is 0.215. The van der Waals surface area contributed by atoms with Gasteiger partial charge in [0.05, 0.1) is 6.10 Å². The molecule has 0 spiro atoms. The van der Waals surface area contributed by atoms with Crippen molar-refractivity contribution in [2.75, 3.05) is 33.2 Å². The van der Waals surface area contributed by atoms with Gasteiger partial charge in [0, 0.05) is 6.54 Å². The molecule has 1 atom stereocenters. The summed E-state index contributed by atoms with van der Waals surface area (Å²) in [4.78, 5) is 2.40. The normalized spacial score (nSPS) is 22.5. The van der Waals surface area contributed by atoms with Crippen molar-refractivity contribution in [2.45, 2.75) is 32.3 Å². The fourth-order valence-electron chi connectivity index (χ4n) is 1.97. The Morgan fingerprint density at radius 2 is 2.07 bits per heavy atom. The number of nitrogens with zero attached hydrogens (tertiary/aromatic N) is 1. The number of hydrogen-bond donors (Lipinski definition) is 2. The average Bonchev–Trinajstić information content (AvgIpc) is 2.15. The van der Waals surface area contributed by atoms with Crippen molar-refractivity contribution in [3.8, 4) is 0 Å². The SMILES string of the molecule is C[C@H](O)CNCCC1CCN(C)CC1. The molecule has 1 aliphatic rings. The molecular formula is C11H24N2O. The van der Waals surface area contributed by atoms with Crippen LogP contribution in [-0.4, -0.2) is 49.3 Å². The van der Waals surface area contributed by atoms with E-state index in [-0.39, 0.29) is 6.10 Å². The van der Waals surface area contributed by atoms with E-state index in [4.69, 9.17) is 5.11 Å². The topological polar surface area (TPSA) is 35.5 Å². The zero-order chi connectivity index (χ0) is 10.4. The van der Waals surface area contributed by atoms with Crippen molar-refractivity contribution in [1.29, 1.82) is 0 Å². The van der Waals surface area contributed by atoms with Gasteiger partial charge in [-0.1, -0.05) is 0 Å². The maximum absolute atomic E-state index is 9.05. The maximum Gasteiger partial charge on any atom is 0.0636 e. The fourth-order valence-corrected chi connectivity index (χ4v) is 1.97. The Balaban J connectivity index is 1.96. The van der Waals surface area contributed by atoms with Gasteiger partial charge >= 0.3 is 0 Å². The highest BCUT2D eigenvalue weighted by atomic mass is 16.3. The molecule has 1 aliphatic heterocycles. The lowest BCUT2D eigenvalue weighted by atomic mass is 9.94. The molecule has 0 saturated carbocycles. The monoisotopic (exact) mass is 200 g/mol. The Hall–Kier alpha value is -0.120. The van der Waals surface area contributed by atoms with E-state index in [1.807, 2.05) is 6.92 Å². The molecule has 1 saturated heterocycles. The molecule has 0 unspecified atom stereocenters. The van der Waals surface area contributed by atoms with Gasteiger partial charge in [-0.3, -0.25) is 0 Å². The van der Waals surface area contributed by atoms with Crippen molar-refractivity contribution < 1.29 is 5.11 Å². The summed E-state index contributed by atoms with van der Waals surface area (Å²) in [5.74, 6) is 0.896. The molecule has 0 bridgehead atoms. The number of hydrogen-bond acceptors (Lipinski definition) is 3. The van der Waals surface area contributed by atoms with Crippen LogP contribution in [0.2, 0.25) is 0 Å². The van der Waals surface area contributed by atoms with Gasteiger partial charge in [-0.15, -0.1) is 0 Å². The van der Waals surface area contributed by atoms with Gasteiger partial charge in [-0.05, 0) is 58.8 Å². The van der Waals surface area contributed by atoms with E-state index in [9.17, 15) is 0 Å². The number of aliphatic hydroxyl groups excluding tert-OH is 1. The van der Waals surface area contributed by atoms with Crippen LogP contribution in [0, 0.1) is 5.92 Å². The van der Waals surface area contributed by atoms with Crippen LogP contribution in [0.3, 0.4) is 0 Å². The average molecular weight is 200 g/mol. The van der Waals surface area contributed by atoms with E-state index in [1.165, 1.54) is 32.4 Å². The number of likely N-dealkylation sites (tertiary alicyclic amines) is 1. The van der Waals surface area contributed by atoms with Gasteiger partial charge in [0.15, 0.2) is 0 Å². The molecule has 1 rings (SSSR count). The van der Waals surface area contributed by atoms with Gasteiger partial charge in [0.2, 0.25) is 0 Å². The minimum atomic E-state index is -0.215. The molecule has 0 aliphatic carbocycles. The summed E-state index contributed by atoms with van der Waals surface area (Å²) in [5, 5.41) is 12.3. The third kappa shape index (κ3) is 4.94. The Labute approximate surface area is 87.5 Å². The van der Waals surface area contributed by atoms with Crippen LogP contribution in [0.1, 0.15) is 26.2 Å². The molecule has 1 heterocycles. The molecule has 0 aromatic rings. The molecule has 84 valence electrons. The van der Waals surface area contributed by atoms with E-state index in [0.29, 0.717) is 0 Å². The highest BCUT2D eigenvalue weighted by Gasteiger charge is 2.15. The lowest BCUT2D eigenvalue weighted by Gasteiger charge is -2.28. The molecule has 3 heteroatoms. The highest BCUT2D eigenvalue weighted by Crippen LogP contribution is 2.18. The lowest BCUT2D eigenvalue weighted by Crippen LogP contribution is -2.32.